The van der Waals surface area contributed by atoms with Crippen molar-refractivity contribution in [1.29, 1.82) is 0 Å². The average molecular weight is 639 g/mol. The number of piperidine rings is 2. The highest BCUT2D eigenvalue weighted by Gasteiger charge is 2.29. The number of anilines is 4. The molecule has 0 saturated carbocycles. The van der Waals surface area contributed by atoms with Crippen molar-refractivity contribution in [3.05, 3.63) is 58.7 Å². The summed E-state index contributed by atoms with van der Waals surface area (Å²) in [5, 5.41) is 7.03. The van der Waals surface area contributed by atoms with Crippen LogP contribution in [0.3, 0.4) is 0 Å². The van der Waals surface area contributed by atoms with E-state index in [0.29, 0.717) is 33.3 Å². The first-order valence-corrected chi connectivity index (χ1v) is 17.5. The van der Waals surface area contributed by atoms with E-state index >= 15 is 0 Å². The number of likely N-dealkylation sites (tertiary alicyclic amines) is 2. The normalized spacial score (nSPS) is 18.1. The number of aromatic nitrogens is 2. The molecule has 0 bridgehead atoms. The number of hydrogen-bond donors (Lipinski definition) is 2. The van der Waals surface area contributed by atoms with Gasteiger partial charge in [-0.15, -0.1) is 0 Å². The number of ether oxygens (including phenoxy) is 1. The van der Waals surface area contributed by atoms with Gasteiger partial charge in [0.1, 0.15) is 10.8 Å². The van der Waals surface area contributed by atoms with Crippen LogP contribution in [0.1, 0.15) is 70.4 Å². The van der Waals surface area contributed by atoms with E-state index in [0.717, 1.165) is 30.6 Å². The summed E-state index contributed by atoms with van der Waals surface area (Å²) in [7, 11) is 1.06. The highest BCUT2D eigenvalue weighted by atomic mass is 35.5. The lowest BCUT2D eigenvalue weighted by molar-refractivity contribution is 0.0965. The Hall–Kier alpha value is -2.72. The van der Waals surface area contributed by atoms with Gasteiger partial charge < -0.3 is 25.2 Å². The third kappa shape index (κ3) is 7.91. The van der Waals surface area contributed by atoms with Crippen LogP contribution in [0.25, 0.3) is 0 Å². The molecule has 2 N–H and O–H groups in total. The van der Waals surface area contributed by atoms with Gasteiger partial charge in [-0.25, -0.2) is 4.98 Å². The van der Waals surface area contributed by atoms with Crippen LogP contribution in [0, 0.1) is 6.92 Å². The van der Waals surface area contributed by atoms with E-state index in [9.17, 15) is 4.21 Å². The van der Waals surface area contributed by atoms with Gasteiger partial charge >= 0.3 is 0 Å². The number of aryl methyl sites for hydroxylation is 1. The summed E-state index contributed by atoms with van der Waals surface area (Å²) in [5.41, 5.74) is 4.12. The Morgan fingerprint density at radius 1 is 0.977 bits per heavy atom. The molecule has 44 heavy (non-hydrogen) atoms. The van der Waals surface area contributed by atoms with E-state index < -0.39 is 10.8 Å². The molecule has 2 aliphatic rings. The van der Waals surface area contributed by atoms with Crippen molar-refractivity contribution < 1.29 is 8.95 Å². The number of halogens is 1. The maximum Gasteiger partial charge on any atom is 0.229 e. The number of nitrogens with one attached hydrogen (secondary N) is 2. The zero-order valence-electron chi connectivity index (χ0n) is 26.9. The molecule has 0 radical (unpaired) electrons. The summed E-state index contributed by atoms with van der Waals surface area (Å²) in [4.78, 5) is 15.0. The molecule has 0 aliphatic carbocycles. The van der Waals surface area contributed by atoms with E-state index in [2.05, 4.69) is 51.5 Å². The van der Waals surface area contributed by atoms with Crippen LogP contribution in [0.5, 0.6) is 5.75 Å². The largest absolute Gasteiger partial charge is 0.489 e. The lowest BCUT2D eigenvalue weighted by Crippen LogP contribution is -2.46. The minimum Gasteiger partial charge on any atom is -0.489 e. The van der Waals surface area contributed by atoms with Gasteiger partial charge in [0.05, 0.1) is 39.4 Å². The Kier molecular flexibility index (Phi) is 10.8. The molecular formula is C34H47ClN6O2S. The first-order valence-electron chi connectivity index (χ1n) is 15.9. The molecule has 2 fully saturated rings. The quantitative estimate of drug-likeness (QED) is 0.236. The fourth-order valence-electron chi connectivity index (χ4n) is 6.29. The van der Waals surface area contributed by atoms with Gasteiger partial charge in [0.15, 0.2) is 5.82 Å². The lowest BCUT2D eigenvalue weighted by atomic mass is 9.85. The van der Waals surface area contributed by atoms with E-state index in [1.807, 2.05) is 52.0 Å². The molecule has 1 atom stereocenters. The van der Waals surface area contributed by atoms with Crippen molar-refractivity contribution in [2.75, 3.05) is 43.9 Å². The zero-order chi connectivity index (χ0) is 31.4. The standard InChI is InChI=1S/C34H47ClN6O2S/c1-22(2)43-31-20-27(25-11-17-41(18-12-25)26-13-15-40(6)16-14-26)24(5)19-30(31)38-34-36-21-28(35)33(39-34)37-29-9-7-8-10-32(29)44(42)23(3)4/h7-10,19-23,25-26H,11-18H2,1-6H3,(H2,36,37,38,39). The Morgan fingerprint density at radius 2 is 1.68 bits per heavy atom. The summed E-state index contributed by atoms with van der Waals surface area (Å²) >= 11 is 6.52. The molecule has 5 rings (SSSR count). The van der Waals surface area contributed by atoms with Gasteiger partial charge in [-0.1, -0.05) is 37.6 Å². The Balaban J connectivity index is 1.34. The Morgan fingerprint density at radius 3 is 2.36 bits per heavy atom. The molecule has 0 spiro atoms. The van der Waals surface area contributed by atoms with E-state index in [4.69, 9.17) is 21.3 Å². The van der Waals surface area contributed by atoms with Gasteiger partial charge in [0.25, 0.3) is 0 Å². The second-order valence-corrected chi connectivity index (χ2v) is 15.1. The van der Waals surface area contributed by atoms with E-state index in [-0.39, 0.29) is 11.4 Å². The van der Waals surface area contributed by atoms with Crippen LogP contribution in [0.2, 0.25) is 5.02 Å². The Bertz CT molecular complexity index is 1450. The van der Waals surface area contributed by atoms with Crippen molar-refractivity contribution in [2.45, 2.75) is 88.5 Å². The van der Waals surface area contributed by atoms with Crippen LogP contribution >= 0.6 is 11.6 Å². The topological polar surface area (TPSA) is 82.6 Å². The van der Waals surface area contributed by atoms with Crippen molar-refractivity contribution in [3.63, 3.8) is 0 Å². The van der Waals surface area contributed by atoms with Gasteiger partial charge in [-0.3, -0.25) is 4.21 Å². The summed E-state index contributed by atoms with van der Waals surface area (Å²) in [6.45, 7) is 14.9. The second kappa shape index (κ2) is 14.6. The highest BCUT2D eigenvalue weighted by Crippen LogP contribution is 2.39. The predicted molar refractivity (Wildman–Crippen MR) is 183 cm³/mol. The van der Waals surface area contributed by atoms with Crippen LogP contribution < -0.4 is 15.4 Å². The Labute approximate surface area is 270 Å². The molecule has 238 valence electrons. The molecule has 2 saturated heterocycles. The van der Waals surface area contributed by atoms with Gasteiger partial charge in [-0.05, 0) is 121 Å². The molecular weight excluding hydrogens is 592 g/mol. The van der Waals surface area contributed by atoms with Crippen LogP contribution in [-0.2, 0) is 10.8 Å². The summed E-state index contributed by atoms with van der Waals surface area (Å²) in [6.07, 6.45) is 6.48. The zero-order valence-corrected chi connectivity index (χ0v) is 28.5. The molecule has 10 heteroatoms. The first-order chi connectivity index (χ1) is 21.1. The number of benzene rings is 2. The van der Waals surface area contributed by atoms with E-state index in [1.165, 1.54) is 49.9 Å². The SMILES string of the molecule is Cc1cc(Nc2ncc(Cl)c(Nc3ccccc3S(=O)C(C)C)n2)c(OC(C)C)cc1C1CCN(C2CCN(C)CC2)CC1. The van der Waals surface area contributed by atoms with Crippen LogP contribution in [-0.4, -0.2) is 74.6 Å². The third-order valence-corrected chi connectivity index (χ3v) is 10.6. The molecule has 2 aromatic carbocycles. The molecule has 3 heterocycles. The number of rotatable bonds is 10. The van der Waals surface area contributed by atoms with Gasteiger partial charge in [0.2, 0.25) is 5.95 Å². The molecule has 0 amide bonds. The summed E-state index contributed by atoms with van der Waals surface area (Å²) in [5.74, 6) is 2.14. The van der Waals surface area contributed by atoms with Crippen LogP contribution in [0.15, 0.2) is 47.5 Å². The molecule has 1 unspecified atom stereocenters. The summed E-state index contributed by atoms with van der Waals surface area (Å²) in [6, 6.07) is 12.6. The number of nitrogens with zero attached hydrogens (tertiary/aromatic N) is 4. The maximum atomic E-state index is 12.9. The third-order valence-electron chi connectivity index (χ3n) is 8.68. The number of hydrogen-bond acceptors (Lipinski definition) is 8. The van der Waals surface area contributed by atoms with Crippen LogP contribution in [0.4, 0.5) is 23.1 Å². The lowest BCUT2D eigenvalue weighted by Gasteiger charge is -2.41. The number of para-hydroxylation sites is 1. The molecule has 2 aliphatic heterocycles. The average Bonchev–Trinajstić information content (AvgIpc) is 3.00. The molecule has 3 aromatic rings. The van der Waals surface area contributed by atoms with Crippen molar-refractivity contribution in [3.8, 4) is 5.75 Å². The van der Waals surface area contributed by atoms with Crippen molar-refractivity contribution in [2.24, 2.45) is 0 Å². The van der Waals surface area contributed by atoms with Crippen molar-refractivity contribution in [1.82, 2.24) is 19.8 Å². The monoisotopic (exact) mass is 638 g/mol. The fourth-order valence-corrected chi connectivity index (χ4v) is 7.49. The van der Waals surface area contributed by atoms with Gasteiger partial charge in [0, 0.05) is 11.3 Å². The smallest absolute Gasteiger partial charge is 0.229 e. The second-order valence-electron chi connectivity index (χ2n) is 12.7. The summed E-state index contributed by atoms with van der Waals surface area (Å²) < 4.78 is 19.3. The van der Waals surface area contributed by atoms with E-state index in [1.54, 1.807) is 6.20 Å². The van der Waals surface area contributed by atoms with Gasteiger partial charge in [-0.2, -0.15) is 4.98 Å². The minimum atomic E-state index is -1.17. The fraction of sp³-hybridized carbons (Fsp3) is 0.529. The van der Waals surface area contributed by atoms with Crippen molar-refractivity contribution >= 4 is 45.5 Å². The molecule has 1 aromatic heterocycles. The predicted octanol–water partition coefficient (Wildman–Crippen LogP) is 7.50. The molecule has 8 nitrogen and oxygen atoms in total. The first kappa shape index (κ1) is 32.7. The maximum absolute atomic E-state index is 12.9. The highest BCUT2D eigenvalue weighted by molar-refractivity contribution is 7.85. The minimum absolute atomic E-state index is 0.0130.